The molecule has 0 atom stereocenters. The Hall–Kier alpha value is -2.27. The van der Waals surface area contributed by atoms with Crippen molar-refractivity contribution in [3.8, 4) is 16.3 Å². The highest BCUT2D eigenvalue weighted by Crippen LogP contribution is 2.37. The van der Waals surface area contributed by atoms with Crippen LogP contribution < -0.4 is 4.74 Å². The fraction of sp³-hybridized carbons (Fsp3) is 0.0714. The third-order valence-corrected chi connectivity index (χ3v) is 3.88. The molecule has 5 heteroatoms. The summed E-state index contributed by atoms with van der Waals surface area (Å²) < 4.78 is 6.43. The topological polar surface area (TPSA) is 51.5 Å². The molecule has 0 aliphatic heterocycles. The summed E-state index contributed by atoms with van der Waals surface area (Å²) in [5.74, 6) is 0.608. The van der Waals surface area contributed by atoms with E-state index in [9.17, 15) is 4.91 Å². The van der Waals surface area contributed by atoms with Crippen molar-refractivity contribution < 1.29 is 4.74 Å². The van der Waals surface area contributed by atoms with E-state index in [1.165, 1.54) is 0 Å². The molecule has 0 N–H and O–H groups in total. The first-order valence-corrected chi connectivity index (χ1v) is 6.51. The fourth-order valence-electron chi connectivity index (χ4n) is 1.90. The van der Waals surface area contributed by atoms with Gasteiger partial charge in [-0.15, -0.1) is 16.2 Å². The Kier molecular flexibility index (Phi) is 2.97. The molecule has 2 aromatic carbocycles. The van der Waals surface area contributed by atoms with Crippen LogP contribution in [0.5, 0.6) is 5.75 Å². The van der Waals surface area contributed by atoms with Gasteiger partial charge in [0, 0.05) is 6.07 Å². The van der Waals surface area contributed by atoms with Gasteiger partial charge in [-0.25, -0.2) is 4.98 Å². The van der Waals surface area contributed by atoms with Crippen molar-refractivity contribution in [2.24, 2.45) is 5.18 Å². The molecular weight excluding hydrogens is 260 g/mol. The van der Waals surface area contributed by atoms with E-state index in [0.29, 0.717) is 11.4 Å². The minimum Gasteiger partial charge on any atom is -0.496 e. The molecule has 4 nitrogen and oxygen atoms in total. The van der Waals surface area contributed by atoms with Crippen LogP contribution in [0.3, 0.4) is 0 Å². The maximum absolute atomic E-state index is 10.5. The van der Waals surface area contributed by atoms with E-state index in [1.54, 1.807) is 30.6 Å². The summed E-state index contributed by atoms with van der Waals surface area (Å²) in [6.45, 7) is 0. The van der Waals surface area contributed by atoms with Gasteiger partial charge in [-0.05, 0) is 29.4 Å². The van der Waals surface area contributed by atoms with E-state index < -0.39 is 0 Å². The van der Waals surface area contributed by atoms with Crippen LogP contribution in [0.4, 0.5) is 5.69 Å². The minimum absolute atomic E-state index is 0.349. The molecule has 0 amide bonds. The quantitative estimate of drug-likeness (QED) is 0.664. The van der Waals surface area contributed by atoms with Crippen molar-refractivity contribution >= 4 is 27.2 Å². The van der Waals surface area contributed by atoms with E-state index in [2.05, 4.69) is 10.2 Å². The number of methoxy groups -OCH3 is 1. The third kappa shape index (κ3) is 2.08. The Morgan fingerprint density at radius 2 is 2.05 bits per heavy atom. The van der Waals surface area contributed by atoms with E-state index in [1.807, 2.05) is 30.3 Å². The fourth-order valence-corrected chi connectivity index (χ4v) is 2.90. The van der Waals surface area contributed by atoms with Gasteiger partial charge in [0.15, 0.2) is 0 Å². The van der Waals surface area contributed by atoms with Crippen molar-refractivity contribution in [2.45, 2.75) is 0 Å². The van der Waals surface area contributed by atoms with Crippen LogP contribution in [0.1, 0.15) is 0 Å². The van der Waals surface area contributed by atoms with Crippen molar-refractivity contribution in [1.82, 2.24) is 4.98 Å². The molecule has 0 fully saturated rings. The number of nitrogens with zero attached hydrogens (tertiary/aromatic N) is 2. The predicted molar refractivity (Wildman–Crippen MR) is 77.1 cm³/mol. The Morgan fingerprint density at radius 1 is 1.21 bits per heavy atom. The summed E-state index contributed by atoms with van der Waals surface area (Å²) in [4.78, 5) is 15.1. The molecule has 3 aromatic rings. The Morgan fingerprint density at radius 3 is 2.79 bits per heavy atom. The molecule has 0 bridgehead atoms. The summed E-state index contributed by atoms with van der Waals surface area (Å²) in [6.07, 6.45) is 0. The largest absolute Gasteiger partial charge is 0.496 e. The van der Waals surface area contributed by atoms with E-state index in [4.69, 9.17) is 4.74 Å². The van der Waals surface area contributed by atoms with E-state index in [0.717, 1.165) is 20.8 Å². The second-order valence-corrected chi connectivity index (χ2v) is 4.99. The lowest BCUT2D eigenvalue weighted by Gasteiger charge is -2.05. The lowest BCUT2D eigenvalue weighted by molar-refractivity contribution is 0.416. The lowest BCUT2D eigenvalue weighted by Crippen LogP contribution is -1.86. The molecular formula is C14H10N2O2S. The van der Waals surface area contributed by atoms with Gasteiger partial charge in [-0.2, -0.15) is 0 Å². The highest BCUT2D eigenvalue weighted by molar-refractivity contribution is 7.21. The monoisotopic (exact) mass is 270 g/mol. The smallest absolute Gasteiger partial charge is 0.131 e. The average Bonchev–Trinajstić information content (AvgIpc) is 2.90. The summed E-state index contributed by atoms with van der Waals surface area (Å²) >= 11 is 1.59. The molecule has 0 spiro atoms. The normalized spacial score (nSPS) is 10.6. The third-order valence-electron chi connectivity index (χ3n) is 2.81. The second kappa shape index (κ2) is 4.78. The number of fused-ring (bicyclic) bond motifs is 1. The van der Waals surface area contributed by atoms with Crippen molar-refractivity contribution in [3.05, 3.63) is 47.4 Å². The van der Waals surface area contributed by atoms with Crippen LogP contribution in [0, 0.1) is 4.91 Å². The predicted octanol–water partition coefficient (Wildman–Crippen LogP) is 4.37. The number of hydrogen-bond donors (Lipinski definition) is 0. The van der Waals surface area contributed by atoms with Crippen LogP contribution in [-0.4, -0.2) is 12.1 Å². The van der Waals surface area contributed by atoms with Gasteiger partial charge in [0.05, 0.1) is 22.9 Å². The summed E-state index contributed by atoms with van der Waals surface area (Å²) in [7, 11) is 1.57. The van der Waals surface area contributed by atoms with Gasteiger partial charge in [0.1, 0.15) is 16.4 Å². The highest BCUT2D eigenvalue weighted by atomic mass is 32.1. The standard InChI is InChI=1S/C14H10N2O2S/c1-18-12-8-9(16-17)6-7-10(12)14-15-11-4-2-3-5-13(11)19-14/h2-8H,1H3. The van der Waals surface area contributed by atoms with Crippen LogP contribution in [0.15, 0.2) is 47.6 Å². The van der Waals surface area contributed by atoms with Gasteiger partial charge in [-0.1, -0.05) is 12.1 Å². The Labute approximate surface area is 113 Å². The van der Waals surface area contributed by atoms with E-state index in [-0.39, 0.29) is 0 Å². The second-order valence-electron chi connectivity index (χ2n) is 3.96. The molecule has 0 aliphatic carbocycles. The first kappa shape index (κ1) is 11.8. The number of thiazole rings is 1. The molecule has 0 aliphatic rings. The summed E-state index contributed by atoms with van der Waals surface area (Å²) in [5.41, 5.74) is 2.18. The van der Waals surface area contributed by atoms with Crippen LogP contribution in [0.2, 0.25) is 0 Å². The first-order valence-electron chi connectivity index (χ1n) is 5.69. The van der Waals surface area contributed by atoms with E-state index >= 15 is 0 Å². The zero-order valence-electron chi connectivity index (χ0n) is 10.2. The van der Waals surface area contributed by atoms with Gasteiger partial charge in [-0.3, -0.25) is 0 Å². The SMILES string of the molecule is COc1cc(N=O)ccc1-c1nc2ccccc2s1. The minimum atomic E-state index is 0.349. The van der Waals surface area contributed by atoms with Crippen LogP contribution >= 0.6 is 11.3 Å². The van der Waals surface area contributed by atoms with Gasteiger partial charge in [0.25, 0.3) is 0 Å². The highest BCUT2D eigenvalue weighted by Gasteiger charge is 2.12. The lowest BCUT2D eigenvalue weighted by atomic mass is 10.2. The first-order chi connectivity index (χ1) is 9.31. The summed E-state index contributed by atoms with van der Waals surface area (Å²) in [5, 5.41) is 3.78. The van der Waals surface area contributed by atoms with Crippen molar-refractivity contribution in [1.29, 1.82) is 0 Å². The molecule has 94 valence electrons. The van der Waals surface area contributed by atoms with Crippen molar-refractivity contribution in [2.75, 3.05) is 7.11 Å². The Bertz CT molecular complexity index is 719. The van der Waals surface area contributed by atoms with Gasteiger partial charge >= 0.3 is 0 Å². The molecule has 19 heavy (non-hydrogen) atoms. The van der Waals surface area contributed by atoms with Gasteiger partial charge < -0.3 is 4.74 Å². The van der Waals surface area contributed by atoms with Crippen LogP contribution in [-0.2, 0) is 0 Å². The number of aromatic nitrogens is 1. The molecule has 1 aromatic heterocycles. The zero-order chi connectivity index (χ0) is 13.2. The number of hydrogen-bond acceptors (Lipinski definition) is 5. The Balaban J connectivity index is 2.17. The maximum atomic E-state index is 10.5. The van der Waals surface area contributed by atoms with Crippen molar-refractivity contribution in [3.63, 3.8) is 0 Å². The molecule has 3 rings (SSSR count). The molecule has 0 unspecified atom stereocenters. The zero-order valence-corrected chi connectivity index (χ0v) is 11.0. The van der Waals surface area contributed by atoms with Crippen LogP contribution in [0.25, 0.3) is 20.8 Å². The summed E-state index contributed by atoms with van der Waals surface area (Å²) in [6, 6.07) is 13.1. The average molecular weight is 270 g/mol. The number of para-hydroxylation sites is 1. The number of ether oxygens (including phenoxy) is 1. The molecule has 0 saturated heterocycles. The maximum Gasteiger partial charge on any atom is 0.131 e. The molecule has 0 radical (unpaired) electrons. The molecule has 0 saturated carbocycles. The number of benzene rings is 2. The number of nitroso groups, excluding NO2 is 1. The number of rotatable bonds is 3. The van der Waals surface area contributed by atoms with Gasteiger partial charge in [0.2, 0.25) is 0 Å². The molecule has 1 heterocycles.